The second-order valence-corrected chi connectivity index (χ2v) is 12.2. The van der Waals surface area contributed by atoms with Gasteiger partial charge < -0.3 is 25.4 Å². The Morgan fingerprint density at radius 2 is 1.74 bits per heavy atom. The molecule has 3 aliphatic heterocycles. The molecule has 3 saturated heterocycles. The van der Waals surface area contributed by atoms with Crippen LogP contribution in [0, 0.1) is 31.6 Å². The zero-order valence-electron chi connectivity index (χ0n) is 22.0. The van der Waals surface area contributed by atoms with Gasteiger partial charge in [-0.05, 0) is 49.4 Å². The number of fused-ring (bicyclic) bond motifs is 1. The molecule has 1 spiro atoms. The van der Waals surface area contributed by atoms with Gasteiger partial charge in [-0.25, -0.2) is 0 Å². The van der Waals surface area contributed by atoms with Crippen LogP contribution >= 0.6 is 15.9 Å². The van der Waals surface area contributed by atoms with E-state index < -0.39 is 35.6 Å². The quantitative estimate of drug-likeness (QED) is 0.431. The molecule has 3 N–H and O–H groups in total. The van der Waals surface area contributed by atoms with Crippen LogP contribution in [-0.2, 0) is 19.1 Å². The number of aliphatic hydroxyl groups is 1. The van der Waals surface area contributed by atoms with E-state index >= 15 is 0 Å². The third-order valence-corrected chi connectivity index (χ3v) is 9.21. The summed E-state index contributed by atoms with van der Waals surface area (Å²) in [6, 6.07) is 13.2. The van der Waals surface area contributed by atoms with Crippen molar-refractivity contribution in [3.05, 3.63) is 59.7 Å². The Bertz CT molecular complexity index is 1230. The Morgan fingerprint density at radius 3 is 2.34 bits per heavy atom. The summed E-state index contributed by atoms with van der Waals surface area (Å²) in [6.45, 7) is 7.35. The van der Waals surface area contributed by atoms with Crippen LogP contribution in [0.15, 0.2) is 48.5 Å². The van der Waals surface area contributed by atoms with E-state index in [1.165, 1.54) is 4.90 Å². The zero-order valence-corrected chi connectivity index (χ0v) is 23.6. The molecule has 2 bridgehead atoms. The molecule has 0 saturated carbocycles. The molecule has 9 heteroatoms. The van der Waals surface area contributed by atoms with Crippen LogP contribution in [-0.4, -0.2) is 63.0 Å². The fraction of sp³-hybridized carbons (Fsp3) is 0.483. The van der Waals surface area contributed by atoms with Gasteiger partial charge in [-0.2, -0.15) is 0 Å². The summed E-state index contributed by atoms with van der Waals surface area (Å²) < 4.78 is 6.56. The smallest absolute Gasteiger partial charge is 0.250 e. The highest BCUT2D eigenvalue weighted by Crippen LogP contribution is 2.60. The lowest BCUT2D eigenvalue weighted by molar-refractivity contribution is -0.144. The lowest BCUT2D eigenvalue weighted by Crippen LogP contribution is -2.57. The number of benzene rings is 2. The number of aliphatic hydroxyl groups excluding tert-OH is 1. The molecule has 202 valence electrons. The molecule has 3 fully saturated rings. The minimum atomic E-state index is -1.20. The molecule has 0 aromatic heterocycles. The molecule has 7 atom stereocenters. The first-order valence-corrected chi connectivity index (χ1v) is 14.0. The Balaban J connectivity index is 1.56. The standard InChI is InChI=1S/C29H34BrN3O5/c1-15(2)20(14-34)33-25(27(36)32-23-16(3)9-8-10-17(23)4)29-13-19(30)24(38-29)21(22(29)28(33)37)26(35)31-18-11-6-5-7-12-18/h5-12,15,19-22,24-25,34H,13-14H2,1-4H3,(H,31,35)(H,32,36)/t19?,20-,21+,22-,24+,25?,29?/m0/s1. The number of ether oxygens (including phenoxy) is 1. The summed E-state index contributed by atoms with van der Waals surface area (Å²) in [4.78, 5) is 43.3. The van der Waals surface area contributed by atoms with E-state index in [2.05, 4.69) is 26.6 Å². The van der Waals surface area contributed by atoms with Gasteiger partial charge in [-0.1, -0.05) is 66.2 Å². The van der Waals surface area contributed by atoms with Crippen molar-refractivity contribution >= 4 is 45.0 Å². The van der Waals surface area contributed by atoms with E-state index in [9.17, 15) is 19.5 Å². The third-order valence-electron chi connectivity index (χ3n) is 8.36. The molecule has 2 aromatic rings. The number of nitrogens with one attached hydrogen (secondary N) is 2. The van der Waals surface area contributed by atoms with Gasteiger partial charge >= 0.3 is 0 Å². The highest BCUT2D eigenvalue weighted by molar-refractivity contribution is 9.09. The van der Waals surface area contributed by atoms with E-state index in [1.807, 2.05) is 64.1 Å². The van der Waals surface area contributed by atoms with Gasteiger partial charge in [0.25, 0.3) is 0 Å². The zero-order chi connectivity index (χ0) is 27.4. The highest BCUT2D eigenvalue weighted by atomic mass is 79.9. The van der Waals surface area contributed by atoms with Gasteiger partial charge in [0.05, 0.1) is 30.6 Å². The number of aryl methyl sites for hydroxylation is 2. The topological polar surface area (TPSA) is 108 Å². The Hall–Kier alpha value is -2.75. The third kappa shape index (κ3) is 4.15. The van der Waals surface area contributed by atoms with Gasteiger partial charge in [-0.15, -0.1) is 0 Å². The number of carbonyl (C=O) groups excluding carboxylic acids is 3. The van der Waals surface area contributed by atoms with Crippen molar-refractivity contribution in [3.8, 4) is 0 Å². The largest absolute Gasteiger partial charge is 0.394 e. The summed E-state index contributed by atoms with van der Waals surface area (Å²) in [7, 11) is 0. The SMILES string of the molecule is Cc1cccc(C)c1NC(=O)C1N([C@@H](CO)C(C)C)C(=O)[C@@H]2[C@@H](C(=O)Nc3ccccc3)[C@@H]3OC12CC3Br. The Kier molecular flexibility index (Phi) is 7.13. The van der Waals surface area contributed by atoms with Crippen molar-refractivity contribution in [3.63, 3.8) is 0 Å². The van der Waals surface area contributed by atoms with Gasteiger partial charge in [0, 0.05) is 16.2 Å². The maximum atomic E-state index is 14.2. The number of anilines is 2. The first-order chi connectivity index (χ1) is 18.1. The predicted octanol–water partition coefficient (Wildman–Crippen LogP) is 3.65. The second kappa shape index (κ2) is 10.1. The van der Waals surface area contributed by atoms with Crippen LogP contribution < -0.4 is 10.6 Å². The van der Waals surface area contributed by atoms with Crippen molar-refractivity contribution in [2.24, 2.45) is 17.8 Å². The molecule has 0 radical (unpaired) electrons. The van der Waals surface area contributed by atoms with Crippen molar-refractivity contribution in [1.29, 1.82) is 0 Å². The molecule has 3 heterocycles. The number of carbonyl (C=O) groups is 3. The van der Waals surface area contributed by atoms with E-state index in [0.717, 1.165) is 11.1 Å². The Morgan fingerprint density at radius 1 is 1.08 bits per heavy atom. The van der Waals surface area contributed by atoms with Crippen molar-refractivity contribution in [1.82, 2.24) is 4.90 Å². The lowest BCUT2D eigenvalue weighted by atomic mass is 9.70. The fourth-order valence-electron chi connectivity index (χ4n) is 6.59. The number of hydrogen-bond acceptors (Lipinski definition) is 5. The molecule has 2 aromatic carbocycles. The van der Waals surface area contributed by atoms with E-state index in [4.69, 9.17) is 4.74 Å². The summed E-state index contributed by atoms with van der Waals surface area (Å²) >= 11 is 3.69. The summed E-state index contributed by atoms with van der Waals surface area (Å²) in [5, 5.41) is 16.4. The average Bonchev–Trinajstić information content (AvgIpc) is 3.46. The number of para-hydroxylation sites is 2. The Labute approximate surface area is 231 Å². The first kappa shape index (κ1) is 26.8. The number of rotatable bonds is 7. The van der Waals surface area contributed by atoms with E-state index in [0.29, 0.717) is 17.8 Å². The van der Waals surface area contributed by atoms with E-state index in [1.54, 1.807) is 12.1 Å². The molecular formula is C29H34BrN3O5. The maximum absolute atomic E-state index is 14.2. The van der Waals surface area contributed by atoms with E-state index in [-0.39, 0.29) is 35.1 Å². The van der Waals surface area contributed by atoms with Crippen molar-refractivity contribution in [2.75, 3.05) is 17.2 Å². The highest BCUT2D eigenvalue weighted by Gasteiger charge is 2.77. The van der Waals surface area contributed by atoms with Crippen LogP contribution in [0.4, 0.5) is 11.4 Å². The lowest BCUT2D eigenvalue weighted by Gasteiger charge is -2.38. The molecular weight excluding hydrogens is 550 g/mol. The van der Waals surface area contributed by atoms with Gasteiger partial charge in [-0.3, -0.25) is 14.4 Å². The van der Waals surface area contributed by atoms with Gasteiger partial charge in [0.15, 0.2) is 0 Å². The van der Waals surface area contributed by atoms with Gasteiger partial charge in [0.2, 0.25) is 17.7 Å². The van der Waals surface area contributed by atoms with Crippen molar-refractivity contribution in [2.45, 2.75) is 62.7 Å². The molecule has 0 aliphatic carbocycles. The first-order valence-electron chi connectivity index (χ1n) is 13.1. The second-order valence-electron chi connectivity index (χ2n) is 11.0. The maximum Gasteiger partial charge on any atom is 0.250 e. The number of hydrogen-bond donors (Lipinski definition) is 3. The fourth-order valence-corrected chi connectivity index (χ4v) is 7.54. The number of likely N-dealkylation sites (tertiary alicyclic amines) is 1. The van der Waals surface area contributed by atoms with Crippen LogP contribution in [0.5, 0.6) is 0 Å². The molecule has 3 amide bonds. The summed E-state index contributed by atoms with van der Waals surface area (Å²) in [6.07, 6.45) is -0.155. The normalized spacial score (nSPS) is 30.4. The average molecular weight is 585 g/mol. The monoisotopic (exact) mass is 583 g/mol. The van der Waals surface area contributed by atoms with Crippen LogP contribution in [0.1, 0.15) is 31.4 Å². The minimum absolute atomic E-state index is 0.122. The predicted molar refractivity (Wildman–Crippen MR) is 148 cm³/mol. The number of alkyl halides is 1. The summed E-state index contributed by atoms with van der Waals surface area (Å²) in [5.41, 5.74) is 1.93. The molecule has 3 unspecified atom stereocenters. The van der Waals surface area contributed by atoms with Crippen molar-refractivity contribution < 1.29 is 24.2 Å². The minimum Gasteiger partial charge on any atom is -0.394 e. The summed E-state index contributed by atoms with van der Waals surface area (Å²) in [5.74, 6) is -2.76. The number of nitrogens with zero attached hydrogens (tertiary/aromatic N) is 1. The van der Waals surface area contributed by atoms with Gasteiger partial charge in [0.1, 0.15) is 11.6 Å². The molecule has 8 nitrogen and oxygen atoms in total. The van der Waals surface area contributed by atoms with Crippen LogP contribution in [0.3, 0.4) is 0 Å². The molecule has 38 heavy (non-hydrogen) atoms. The number of amides is 3. The molecule has 3 aliphatic rings. The number of halogens is 1. The molecule has 5 rings (SSSR count). The van der Waals surface area contributed by atoms with Crippen LogP contribution in [0.25, 0.3) is 0 Å². The van der Waals surface area contributed by atoms with Crippen LogP contribution in [0.2, 0.25) is 0 Å².